The molecule has 0 N–H and O–H groups in total. The van der Waals surface area contributed by atoms with Gasteiger partial charge in [-0.1, -0.05) is 48.0 Å². The largest absolute Gasteiger partial charge is 1.00 e. The first-order valence-electron chi connectivity index (χ1n) is 12.5. The highest BCUT2D eigenvalue weighted by molar-refractivity contribution is 5.70. The molecule has 0 spiro atoms. The fourth-order valence-corrected chi connectivity index (χ4v) is 6.71. The highest BCUT2D eigenvalue weighted by Gasteiger charge is 2.61. The van der Waals surface area contributed by atoms with Crippen molar-refractivity contribution in [2.45, 2.75) is 92.3 Å². The smallest absolute Gasteiger partial charge is 0.362 e. The van der Waals surface area contributed by atoms with Gasteiger partial charge in [0.15, 0.2) is 6.54 Å². The van der Waals surface area contributed by atoms with E-state index >= 15 is 0 Å². The van der Waals surface area contributed by atoms with Crippen LogP contribution in [-0.2, 0) is 14.3 Å². The number of esters is 1. The van der Waals surface area contributed by atoms with Crippen LogP contribution in [0.5, 0.6) is 0 Å². The molecule has 3 aliphatic rings. The van der Waals surface area contributed by atoms with E-state index in [4.69, 9.17) is 9.47 Å². The molecule has 2 bridgehead atoms. The minimum atomic E-state index is -0.0437. The normalized spacial score (nSPS) is 37.0. The molecule has 31 heavy (non-hydrogen) atoms. The lowest BCUT2D eigenvalue weighted by Gasteiger charge is -2.39. The summed E-state index contributed by atoms with van der Waals surface area (Å²) >= 11 is 0. The Morgan fingerprint density at radius 2 is 1.77 bits per heavy atom. The van der Waals surface area contributed by atoms with E-state index in [9.17, 15) is 4.79 Å². The monoisotopic (exact) mass is 457 g/mol. The van der Waals surface area contributed by atoms with Gasteiger partial charge in [-0.2, -0.15) is 0 Å². The van der Waals surface area contributed by atoms with E-state index in [0.717, 1.165) is 25.5 Å². The van der Waals surface area contributed by atoms with Crippen LogP contribution in [0.15, 0.2) is 0 Å². The average molecular weight is 458 g/mol. The Morgan fingerprint density at radius 3 is 2.32 bits per heavy atom. The van der Waals surface area contributed by atoms with Gasteiger partial charge in [0.2, 0.25) is 0 Å². The van der Waals surface area contributed by atoms with Crippen molar-refractivity contribution in [3.63, 3.8) is 0 Å². The molecule has 0 amide bonds. The second kappa shape index (κ2) is 9.89. The van der Waals surface area contributed by atoms with Crippen LogP contribution < -0.4 is 12.4 Å². The van der Waals surface area contributed by atoms with Gasteiger partial charge in [0.25, 0.3) is 0 Å². The Bertz CT molecular complexity index is 620. The Kier molecular flexibility index (Phi) is 8.59. The van der Waals surface area contributed by atoms with Gasteiger partial charge in [-0.25, -0.2) is 4.79 Å². The van der Waals surface area contributed by atoms with Gasteiger partial charge in [-0.15, -0.1) is 0 Å². The van der Waals surface area contributed by atoms with Crippen LogP contribution >= 0.6 is 0 Å². The summed E-state index contributed by atoms with van der Waals surface area (Å²) in [7, 11) is 4.25. The first-order valence-corrected chi connectivity index (χ1v) is 12.5. The Labute approximate surface area is 197 Å². The van der Waals surface area contributed by atoms with Crippen LogP contribution in [0.3, 0.4) is 0 Å². The maximum atomic E-state index is 12.8. The van der Waals surface area contributed by atoms with Crippen molar-refractivity contribution in [2.75, 3.05) is 33.8 Å². The molecule has 5 heteroatoms. The lowest BCUT2D eigenvalue weighted by atomic mass is 9.70. The van der Waals surface area contributed by atoms with Gasteiger partial charge < -0.3 is 26.4 Å². The molecule has 182 valence electrons. The number of rotatable bonds is 8. The van der Waals surface area contributed by atoms with E-state index < -0.39 is 0 Å². The number of nitrogens with zero attached hydrogens (tertiary/aromatic N) is 1. The van der Waals surface area contributed by atoms with Crippen molar-refractivity contribution in [1.82, 2.24) is 0 Å². The maximum Gasteiger partial charge on any atom is 0.362 e. The number of carbonyl (C=O) groups excluding carboxylic acids is 1. The highest BCUT2D eigenvalue weighted by Crippen LogP contribution is 2.66. The Balaban J connectivity index is 0.00000341. The molecule has 0 heterocycles. The molecular weight excluding hydrogens is 410 g/mol. The zero-order valence-corrected chi connectivity index (χ0v) is 22.1. The van der Waals surface area contributed by atoms with Crippen LogP contribution in [0.2, 0.25) is 0 Å². The van der Waals surface area contributed by atoms with Crippen LogP contribution in [0.4, 0.5) is 0 Å². The number of quaternary nitrogens is 1. The molecule has 3 saturated carbocycles. The van der Waals surface area contributed by atoms with Crippen molar-refractivity contribution in [3.05, 3.63) is 0 Å². The van der Waals surface area contributed by atoms with Crippen LogP contribution in [0, 0.1) is 34.5 Å². The highest BCUT2D eigenvalue weighted by atomic mass is 35.5. The first-order chi connectivity index (χ1) is 13.9. The summed E-state index contributed by atoms with van der Waals surface area (Å²) in [5.41, 5.74) is 0.688. The molecule has 3 rings (SSSR count). The quantitative estimate of drug-likeness (QED) is 0.414. The van der Waals surface area contributed by atoms with Gasteiger partial charge in [0, 0.05) is 0 Å². The molecule has 6 unspecified atom stereocenters. The lowest BCUT2D eigenvalue weighted by Crippen LogP contribution is -3.00. The summed E-state index contributed by atoms with van der Waals surface area (Å²) in [4.78, 5) is 12.8. The minimum Gasteiger partial charge on any atom is -1.00 e. The number of hydrogen-bond donors (Lipinski definition) is 0. The molecule has 0 aromatic carbocycles. The summed E-state index contributed by atoms with van der Waals surface area (Å²) < 4.78 is 13.1. The molecule has 3 fully saturated rings. The van der Waals surface area contributed by atoms with Crippen LogP contribution in [0.25, 0.3) is 0 Å². The molecule has 3 aliphatic carbocycles. The minimum absolute atomic E-state index is 0. The SMILES string of the molecule is CC1CCC(C(C)C)C(OC(=O)C[N+](C)(C)CCOC2CC3CCC2(C)C3(C)C)C1.[Cl-]. The zero-order valence-electron chi connectivity index (χ0n) is 21.4. The van der Waals surface area contributed by atoms with E-state index in [2.05, 4.69) is 55.6 Å². The number of fused-ring (bicyclic) bond motifs is 2. The fraction of sp³-hybridized carbons (Fsp3) is 0.962. The molecule has 0 saturated heterocycles. The number of carbonyl (C=O) groups is 1. The molecule has 0 aliphatic heterocycles. The number of hydrogen-bond acceptors (Lipinski definition) is 3. The van der Waals surface area contributed by atoms with E-state index in [1.807, 2.05) is 0 Å². The first kappa shape index (κ1) is 26.9. The van der Waals surface area contributed by atoms with Gasteiger partial charge in [-0.3, -0.25) is 0 Å². The van der Waals surface area contributed by atoms with Crippen molar-refractivity contribution in [1.29, 1.82) is 0 Å². The maximum absolute atomic E-state index is 12.8. The summed E-state index contributed by atoms with van der Waals surface area (Å²) in [6.07, 6.45) is 7.76. The van der Waals surface area contributed by atoms with Gasteiger partial charge >= 0.3 is 5.97 Å². The average Bonchev–Trinajstić information content (AvgIpc) is 2.94. The van der Waals surface area contributed by atoms with E-state index in [1.54, 1.807) is 0 Å². The lowest BCUT2D eigenvalue weighted by molar-refractivity contribution is -0.883. The third kappa shape index (κ3) is 5.61. The van der Waals surface area contributed by atoms with Crippen LogP contribution in [-0.4, -0.2) is 56.5 Å². The predicted octanol–water partition coefficient (Wildman–Crippen LogP) is 2.30. The summed E-state index contributed by atoms with van der Waals surface area (Å²) in [5, 5.41) is 0. The molecule has 0 aromatic heterocycles. The molecule has 0 radical (unpaired) electrons. The zero-order chi connectivity index (χ0) is 22.3. The van der Waals surface area contributed by atoms with Crippen molar-refractivity contribution >= 4 is 5.97 Å². The molecule has 0 aromatic rings. The van der Waals surface area contributed by atoms with E-state index in [1.165, 1.54) is 32.1 Å². The van der Waals surface area contributed by atoms with Crippen molar-refractivity contribution in [3.8, 4) is 0 Å². The second-order valence-corrected chi connectivity index (χ2v) is 12.6. The number of halogens is 1. The van der Waals surface area contributed by atoms with E-state index in [0.29, 0.717) is 45.7 Å². The number of likely N-dealkylation sites (N-methyl/N-ethyl adjacent to an activating group) is 1. The van der Waals surface area contributed by atoms with Gasteiger partial charge in [-0.05, 0) is 66.6 Å². The van der Waals surface area contributed by atoms with Crippen molar-refractivity contribution < 1.29 is 31.2 Å². The van der Waals surface area contributed by atoms with Crippen molar-refractivity contribution in [2.24, 2.45) is 34.5 Å². The van der Waals surface area contributed by atoms with Crippen LogP contribution in [0.1, 0.15) is 80.1 Å². The molecule has 4 nitrogen and oxygen atoms in total. The topological polar surface area (TPSA) is 35.5 Å². The third-order valence-corrected chi connectivity index (χ3v) is 9.53. The molecular formula is C26H48ClNO3. The second-order valence-electron chi connectivity index (χ2n) is 12.6. The van der Waals surface area contributed by atoms with Gasteiger partial charge in [0.1, 0.15) is 12.6 Å². The Hall–Kier alpha value is -0.320. The van der Waals surface area contributed by atoms with Gasteiger partial charge in [0.05, 0.1) is 26.8 Å². The number of ether oxygens (including phenoxy) is 2. The predicted molar refractivity (Wildman–Crippen MR) is 122 cm³/mol. The summed E-state index contributed by atoms with van der Waals surface area (Å²) in [6, 6.07) is 0. The summed E-state index contributed by atoms with van der Waals surface area (Å²) in [6.45, 7) is 16.1. The summed E-state index contributed by atoms with van der Waals surface area (Å²) in [5.74, 6) is 2.49. The standard InChI is InChI=1S/C26H48NO3.ClH/c1-18(2)21-10-9-19(3)15-22(21)30-24(28)17-27(7,8)13-14-29-23-16-20-11-12-26(23,6)25(20,4)5;/h18-23H,9-17H2,1-8H3;1H/q+1;/p-1. The molecule has 6 atom stereocenters. The van der Waals surface area contributed by atoms with E-state index in [-0.39, 0.29) is 24.5 Å². The fourth-order valence-electron chi connectivity index (χ4n) is 6.71. The Morgan fingerprint density at radius 1 is 1.10 bits per heavy atom. The third-order valence-electron chi connectivity index (χ3n) is 9.53.